The molecule has 9 heavy (non-hydrogen) atoms. The van der Waals surface area contributed by atoms with E-state index in [1.165, 1.54) is 0 Å². The lowest BCUT2D eigenvalue weighted by Crippen LogP contribution is -2.29. The molecule has 0 saturated carbocycles. The minimum atomic E-state index is -0.374. The molecule has 1 unspecified atom stereocenters. The summed E-state index contributed by atoms with van der Waals surface area (Å²) in [5.74, 6) is 0. The van der Waals surface area contributed by atoms with Gasteiger partial charge < -0.3 is 10.0 Å². The maximum atomic E-state index is 8.89. The van der Waals surface area contributed by atoms with Crippen LogP contribution >= 0.6 is 12.4 Å². The molecule has 4 heteroatoms. The summed E-state index contributed by atoms with van der Waals surface area (Å²) in [6, 6.07) is 0. The van der Waals surface area contributed by atoms with Crippen molar-refractivity contribution in [1.82, 2.24) is 4.90 Å². The van der Waals surface area contributed by atoms with Crippen LogP contribution in [0.2, 0.25) is 0 Å². The average molecular weight is 151 g/mol. The summed E-state index contributed by atoms with van der Waals surface area (Å²) in [5.41, 5.74) is 0. The van der Waals surface area contributed by atoms with Gasteiger partial charge in [0, 0.05) is 6.54 Å². The number of aliphatic hydroxyl groups is 1. The lowest BCUT2D eigenvalue weighted by atomic mass is 10.5. The van der Waals surface area contributed by atoms with Crippen LogP contribution < -0.4 is 0 Å². The molecule has 0 amide bonds. The summed E-state index contributed by atoms with van der Waals surface area (Å²) in [6.07, 6.45) is 1.31. The predicted octanol–water partition coefficient (Wildman–Crippen LogP) is 0.0904. The third kappa shape index (κ3) is 2.20. The van der Waals surface area contributed by atoms with Crippen molar-refractivity contribution in [2.24, 2.45) is 4.99 Å². The Bertz CT molecular complexity index is 105. The Hall–Kier alpha value is -0.280. The Labute approximate surface area is 60.8 Å². The van der Waals surface area contributed by atoms with E-state index in [-0.39, 0.29) is 18.6 Å². The van der Waals surface area contributed by atoms with Gasteiger partial charge in [-0.15, -0.1) is 12.4 Å². The number of halogens is 1. The van der Waals surface area contributed by atoms with Crippen LogP contribution in [0, 0.1) is 0 Å². The van der Waals surface area contributed by atoms with E-state index in [2.05, 4.69) is 4.99 Å². The van der Waals surface area contributed by atoms with Crippen molar-refractivity contribution >= 4 is 18.7 Å². The number of hydrogen-bond acceptors (Lipinski definition) is 3. The van der Waals surface area contributed by atoms with Crippen molar-refractivity contribution in [2.45, 2.75) is 13.2 Å². The van der Waals surface area contributed by atoms with Crippen molar-refractivity contribution in [3.05, 3.63) is 0 Å². The lowest BCUT2D eigenvalue weighted by molar-refractivity contribution is 0.0814. The highest BCUT2D eigenvalue weighted by Gasteiger charge is 2.08. The molecule has 0 bridgehead atoms. The summed E-state index contributed by atoms with van der Waals surface area (Å²) < 4.78 is 0. The minimum absolute atomic E-state index is 0. The van der Waals surface area contributed by atoms with Crippen molar-refractivity contribution < 1.29 is 5.11 Å². The number of hydrogen-bond donors (Lipinski definition) is 1. The Kier molecular flexibility index (Phi) is 3.58. The standard InChI is InChI=1S/C5H10N2O.ClH/c1-5(8)7-3-2-6-4-7;/h4-5,8H,2-3H2,1H3;1H. The van der Waals surface area contributed by atoms with Gasteiger partial charge >= 0.3 is 0 Å². The molecule has 1 atom stereocenters. The largest absolute Gasteiger partial charge is 0.374 e. The second kappa shape index (κ2) is 3.69. The first-order valence-electron chi connectivity index (χ1n) is 2.74. The molecular weight excluding hydrogens is 140 g/mol. The molecule has 0 aromatic carbocycles. The first-order chi connectivity index (χ1) is 3.80. The van der Waals surface area contributed by atoms with Crippen LogP contribution in [0.15, 0.2) is 4.99 Å². The van der Waals surface area contributed by atoms with Gasteiger partial charge in [-0.1, -0.05) is 0 Å². The summed E-state index contributed by atoms with van der Waals surface area (Å²) in [5, 5.41) is 8.89. The van der Waals surface area contributed by atoms with Gasteiger partial charge in [-0.25, -0.2) is 0 Å². The number of rotatable bonds is 1. The predicted molar refractivity (Wildman–Crippen MR) is 39.0 cm³/mol. The fourth-order valence-electron chi connectivity index (χ4n) is 0.677. The van der Waals surface area contributed by atoms with Gasteiger partial charge in [-0.2, -0.15) is 0 Å². The molecule has 54 valence electrons. The van der Waals surface area contributed by atoms with Crippen LogP contribution in [-0.4, -0.2) is 35.7 Å². The van der Waals surface area contributed by atoms with Crippen LogP contribution in [0.4, 0.5) is 0 Å². The first kappa shape index (κ1) is 8.72. The van der Waals surface area contributed by atoms with Crippen LogP contribution in [-0.2, 0) is 0 Å². The first-order valence-corrected chi connectivity index (χ1v) is 2.74. The van der Waals surface area contributed by atoms with Gasteiger partial charge in [-0.3, -0.25) is 4.99 Å². The maximum absolute atomic E-state index is 8.89. The molecule has 0 aromatic heterocycles. The molecule has 0 saturated heterocycles. The van der Waals surface area contributed by atoms with E-state index < -0.39 is 0 Å². The molecule has 3 nitrogen and oxygen atoms in total. The number of nitrogens with zero attached hydrogens (tertiary/aromatic N) is 2. The van der Waals surface area contributed by atoms with Crippen molar-refractivity contribution in [2.75, 3.05) is 13.1 Å². The molecule has 0 radical (unpaired) electrons. The maximum Gasteiger partial charge on any atom is 0.124 e. The fraction of sp³-hybridized carbons (Fsp3) is 0.800. The highest BCUT2D eigenvalue weighted by molar-refractivity contribution is 5.85. The van der Waals surface area contributed by atoms with E-state index in [1.807, 2.05) is 0 Å². The quantitative estimate of drug-likeness (QED) is 0.575. The minimum Gasteiger partial charge on any atom is -0.374 e. The van der Waals surface area contributed by atoms with Gasteiger partial charge in [-0.05, 0) is 6.92 Å². The highest BCUT2D eigenvalue weighted by Crippen LogP contribution is 1.96. The molecule has 0 aromatic rings. The normalized spacial score (nSPS) is 19.6. The van der Waals surface area contributed by atoms with Gasteiger partial charge in [0.15, 0.2) is 0 Å². The molecule has 0 aliphatic carbocycles. The van der Waals surface area contributed by atoms with Gasteiger partial charge in [0.2, 0.25) is 0 Å². The zero-order chi connectivity index (χ0) is 5.98. The molecule has 1 aliphatic rings. The summed E-state index contributed by atoms with van der Waals surface area (Å²) in [4.78, 5) is 5.72. The molecule has 0 fully saturated rings. The molecule has 1 heterocycles. The third-order valence-corrected chi connectivity index (χ3v) is 1.20. The van der Waals surface area contributed by atoms with Gasteiger partial charge in [0.05, 0.1) is 12.9 Å². The van der Waals surface area contributed by atoms with E-state index in [9.17, 15) is 0 Å². The Balaban J connectivity index is 0.000000640. The van der Waals surface area contributed by atoms with Gasteiger partial charge in [0.25, 0.3) is 0 Å². The van der Waals surface area contributed by atoms with E-state index in [0.29, 0.717) is 0 Å². The van der Waals surface area contributed by atoms with Gasteiger partial charge in [0.1, 0.15) is 6.23 Å². The number of aliphatic hydroxyl groups excluding tert-OH is 1. The van der Waals surface area contributed by atoms with Crippen LogP contribution in [0.25, 0.3) is 0 Å². The monoisotopic (exact) mass is 150 g/mol. The smallest absolute Gasteiger partial charge is 0.124 e. The second-order valence-corrected chi connectivity index (χ2v) is 1.89. The summed E-state index contributed by atoms with van der Waals surface area (Å²) in [7, 11) is 0. The van der Waals surface area contributed by atoms with E-state index >= 15 is 0 Å². The summed E-state index contributed by atoms with van der Waals surface area (Å²) in [6.45, 7) is 3.42. The Morgan fingerprint density at radius 3 is 2.67 bits per heavy atom. The molecular formula is C5H11ClN2O. The van der Waals surface area contributed by atoms with Crippen LogP contribution in [0.3, 0.4) is 0 Å². The zero-order valence-electron chi connectivity index (χ0n) is 5.32. The highest BCUT2D eigenvalue weighted by atomic mass is 35.5. The molecule has 1 rings (SSSR count). The zero-order valence-corrected chi connectivity index (χ0v) is 6.14. The SMILES string of the molecule is CC(O)N1C=NCC1.Cl. The fourth-order valence-corrected chi connectivity index (χ4v) is 0.677. The van der Waals surface area contributed by atoms with Crippen molar-refractivity contribution in [3.63, 3.8) is 0 Å². The topological polar surface area (TPSA) is 35.8 Å². The third-order valence-electron chi connectivity index (χ3n) is 1.20. The van der Waals surface area contributed by atoms with E-state index in [4.69, 9.17) is 5.11 Å². The summed E-state index contributed by atoms with van der Waals surface area (Å²) >= 11 is 0. The second-order valence-electron chi connectivity index (χ2n) is 1.89. The molecule has 1 aliphatic heterocycles. The Morgan fingerprint density at radius 1 is 1.78 bits per heavy atom. The Morgan fingerprint density at radius 2 is 2.44 bits per heavy atom. The molecule has 1 N–H and O–H groups in total. The van der Waals surface area contributed by atoms with Crippen molar-refractivity contribution in [1.29, 1.82) is 0 Å². The van der Waals surface area contributed by atoms with Crippen LogP contribution in [0.1, 0.15) is 6.92 Å². The van der Waals surface area contributed by atoms with Crippen molar-refractivity contribution in [3.8, 4) is 0 Å². The average Bonchev–Trinajstić information content (AvgIpc) is 2.12. The number of aliphatic imine (C=N–C) groups is 1. The lowest BCUT2D eigenvalue weighted by Gasteiger charge is -2.16. The van der Waals surface area contributed by atoms with E-state index in [0.717, 1.165) is 13.1 Å². The molecule has 0 spiro atoms. The van der Waals surface area contributed by atoms with E-state index in [1.54, 1.807) is 18.2 Å². The van der Waals surface area contributed by atoms with Crippen LogP contribution in [0.5, 0.6) is 0 Å².